The second-order valence-electron chi connectivity index (χ2n) is 4.52. The van der Waals surface area contributed by atoms with Crippen LogP contribution in [0.15, 0.2) is 27.8 Å². The minimum absolute atomic E-state index is 0.0998. The first-order valence-electron chi connectivity index (χ1n) is 6.26. The van der Waals surface area contributed by atoms with Gasteiger partial charge in [-0.1, -0.05) is 48.7 Å². The zero-order valence-electron chi connectivity index (χ0n) is 11.2. The Balaban J connectivity index is 2.85. The first-order chi connectivity index (χ1) is 9.47. The van der Waals surface area contributed by atoms with Crippen LogP contribution in [-0.2, 0) is 6.42 Å². The molecule has 2 aromatic rings. The van der Waals surface area contributed by atoms with Crippen LogP contribution >= 0.6 is 23.2 Å². The van der Waals surface area contributed by atoms with Crippen molar-refractivity contribution in [3.8, 4) is 5.69 Å². The summed E-state index contributed by atoms with van der Waals surface area (Å²) in [6.45, 7) is 3.73. The van der Waals surface area contributed by atoms with Crippen molar-refractivity contribution in [1.82, 2.24) is 9.55 Å². The summed E-state index contributed by atoms with van der Waals surface area (Å²) in [7, 11) is 0. The molecule has 0 bridgehead atoms. The van der Waals surface area contributed by atoms with E-state index in [1.54, 1.807) is 25.1 Å². The van der Waals surface area contributed by atoms with E-state index in [0.29, 0.717) is 22.7 Å². The van der Waals surface area contributed by atoms with Gasteiger partial charge in [0.05, 0.1) is 16.3 Å². The quantitative estimate of drug-likeness (QED) is 0.885. The van der Waals surface area contributed by atoms with E-state index in [1.165, 1.54) is 0 Å². The smallest absolute Gasteiger partial charge is 0.297 e. The normalized spacial score (nSPS) is 10.8. The van der Waals surface area contributed by atoms with Crippen molar-refractivity contribution >= 4 is 23.2 Å². The summed E-state index contributed by atoms with van der Waals surface area (Å²) in [4.78, 5) is 27.1. The fourth-order valence-corrected chi connectivity index (χ4v) is 2.68. The average Bonchev–Trinajstić information content (AvgIpc) is 2.37. The molecule has 0 unspecified atom stereocenters. The number of para-hydroxylation sites is 1. The lowest BCUT2D eigenvalue weighted by molar-refractivity contribution is 0.808. The van der Waals surface area contributed by atoms with E-state index in [9.17, 15) is 9.59 Å². The van der Waals surface area contributed by atoms with Gasteiger partial charge in [-0.15, -0.1) is 0 Å². The van der Waals surface area contributed by atoms with Gasteiger partial charge < -0.3 is 0 Å². The van der Waals surface area contributed by atoms with Crippen LogP contribution in [-0.4, -0.2) is 9.55 Å². The lowest BCUT2D eigenvalue weighted by atomic mass is 10.1. The van der Waals surface area contributed by atoms with E-state index < -0.39 is 11.2 Å². The molecule has 1 aromatic carbocycles. The number of aryl methyl sites for hydroxylation is 1. The van der Waals surface area contributed by atoms with Crippen molar-refractivity contribution in [2.75, 3.05) is 0 Å². The van der Waals surface area contributed by atoms with Gasteiger partial charge >= 0.3 is 5.69 Å². The van der Waals surface area contributed by atoms with E-state index in [-0.39, 0.29) is 5.15 Å². The SMILES string of the molecule is CCCc1c(Cl)[nH]c(=O)n(-c2c(C)cccc2Cl)c1=O. The van der Waals surface area contributed by atoms with E-state index >= 15 is 0 Å². The standard InChI is InChI=1S/C14H14Cl2N2O2/c1-3-5-9-12(16)17-14(20)18(13(9)19)11-8(2)6-4-7-10(11)15/h4,6-7H,3,5H2,1-2H3,(H,17,20). The van der Waals surface area contributed by atoms with Crippen molar-refractivity contribution in [3.63, 3.8) is 0 Å². The summed E-state index contributed by atoms with van der Waals surface area (Å²) in [6, 6.07) is 5.20. The Morgan fingerprint density at radius 3 is 2.55 bits per heavy atom. The summed E-state index contributed by atoms with van der Waals surface area (Å²) in [5.74, 6) is 0. The summed E-state index contributed by atoms with van der Waals surface area (Å²) in [6.07, 6.45) is 1.25. The molecule has 2 rings (SSSR count). The van der Waals surface area contributed by atoms with E-state index in [4.69, 9.17) is 23.2 Å². The molecule has 1 aromatic heterocycles. The number of nitrogens with zero attached hydrogens (tertiary/aromatic N) is 1. The van der Waals surface area contributed by atoms with Crippen LogP contribution < -0.4 is 11.2 Å². The van der Waals surface area contributed by atoms with Gasteiger partial charge in [0.25, 0.3) is 5.56 Å². The molecule has 4 nitrogen and oxygen atoms in total. The Labute approximate surface area is 126 Å². The Kier molecular flexibility index (Phi) is 4.35. The molecule has 0 saturated heterocycles. The zero-order chi connectivity index (χ0) is 14.9. The minimum Gasteiger partial charge on any atom is -0.297 e. The summed E-state index contributed by atoms with van der Waals surface area (Å²) < 4.78 is 1.05. The van der Waals surface area contributed by atoms with Crippen LogP contribution in [0.5, 0.6) is 0 Å². The molecule has 0 atom stereocenters. The average molecular weight is 313 g/mol. The molecule has 0 radical (unpaired) electrons. The second kappa shape index (κ2) is 5.85. The lowest BCUT2D eigenvalue weighted by Gasteiger charge is -2.12. The van der Waals surface area contributed by atoms with Gasteiger partial charge in [0, 0.05) is 0 Å². The van der Waals surface area contributed by atoms with Gasteiger partial charge in [0.15, 0.2) is 0 Å². The number of benzene rings is 1. The molecule has 20 heavy (non-hydrogen) atoms. The molecule has 0 spiro atoms. The fourth-order valence-electron chi connectivity index (χ4n) is 2.12. The van der Waals surface area contributed by atoms with Gasteiger partial charge in [0.1, 0.15) is 5.15 Å². The molecule has 6 heteroatoms. The number of H-pyrrole nitrogens is 1. The molecule has 0 aliphatic heterocycles. The molecular weight excluding hydrogens is 299 g/mol. The number of aromatic nitrogens is 2. The number of rotatable bonds is 3. The van der Waals surface area contributed by atoms with Crippen molar-refractivity contribution < 1.29 is 0 Å². The number of halogens is 2. The molecule has 0 fully saturated rings. The summed E-state index contributed by atoms with van der Waals surface area (Å²) in [5, 5.41) is 0.449. The maximum atomic E-state index is 12.5. The number of aromatic amines is 1. The monoisotopic (exact) mass is 312 g/mol. The zero-order valence-corrected chi connectivity index (χ0v) is 12.7. The van der Waals surface area contributed by atoms with Gasteiger partial charge in [-0.3, -0.25) is 9.78 Å². The lowest BCUT2D eigenvalue weighted by Crippen LogP contribution is -2.36. The molecule has 0 amide bonds. The Morgan fingerprint density at radius 2 is 1.95 bits per heavy atom. The molecule has 0 aliphatic rings. The van der Waals surface area contributed by atoms with Crippen LogP contribution in [0, 0.1) is 6.92 Å². The molecule has 0 saturated carbocycles. The maximum absolute atomic E-state index is 12.5. The largest absolute Gasteiger partial charge is 0.334 e. The molecule has 0 aliphatic carbocycles. The third-order valence-corrected chi connectivity index (χ3v) is 3.69. The van der Waals surface area contributed by atoms with E-state index in [2.05, 4.69) is 4.98 Å². The molecule has 1 heterocycles. The molecular formula is C14H14Cl2N2O2. The third-order valence-electron chi connectivity index (χ3n) is 3.06. The van der Waals surface area contributed by atoms with Crippen LogP contribution in [0.4, 0.5) is 0 Å². The van der Waals surface area contributed by atoms with Gasteiger partial charge in [-0.25, -0.2) is 9.36 Å². The predicted molar refractivity (Wildman–Crippen MR) is 81.4 cm³/mol. The number of nitrogens with one attached hydrogen (secondary N) is 1. The highest BCUT2D eigenvalue weighted by molar-refractivity contribution is 6.32. The minimum atomic E-state index is -0.587. The van der Waals surface area contributed by atoms with Crippen LogP contribution in [0.25, 0.3) is 5.69 Å². The highest BCUT2D eigenvalue weighted by atomic mass is 35.5. The van der Waals surface area contributed by atoms with Gasteiger partial charge in [-0.2, -0.15) is 0 Å². The fraction of sp³-hybridized carbons (Fsp3) is 0.286. The van der Waals surface area contributed by atoms with E-state index in [0.717, 1.165) is 16.6 Å². The molecule has 1 N–H and O–H groups in total. The predicted octanol–water partition coefficient (Wildman–Crippen LogP) is 3.09. The Bertz CT molecular complexity index is 742. The summed E-state index contributed by atoms with van der Waals surface area (Å²) >= 11 is 12.1. The topological polar surface area (TPSA) is 54.9 Å². The van der Waals surface area contributed by atoms with Crippen molar-refractivity contribution in [2.45, 2.75) is 26.7 Å². The highest BCUT2D eigenvalue weighted by Gasteiger charge is 2.16. The number of hydrogen-bond acceptors (Lipinski definition) is 2. The number of hydrogen-bond donors (Lipinski definition) is 1. The van der Waals surface area contributed by atoms with Crippen LogP contribution in [0.3, 0.4) is 0 Å². The van der Waals surface area contributed by atoms with Crippen LogP contribution in [0.2, 0.25) is 10.2 Å². The van der Waals surface area contributed by atoms with E-state index in [1.807, 2.05) is 6.92 Å². The first-order valence-corrected chi connectivity index (χ1v) is 7.02. The third kappa shape index (κ3) is 2.53. The second-order valence-corrected chi connectivity index (χ2v) is 5.30. The maximum Gasteiger partial charge on any atom is 0.334 e. The van der Waals surface area contributed by atoms with Crippen molar-refractivity contribution in [2.24, 2.45) is 0 Å². The van der Waals surface area contributed by atoms with Crippen LogP contribution in [0.1, 0.15) is 24.5 Å². The first kappa shape index (κ1) is 14.9. The Morgan fingerprint density at radius 1 is 1.25 bits per heavy atom. The summed E-state index contributed by atoms with van der Waals surface area (Å²) in [5.41, 5.74) is 0.533. The van der Waals surface area contributed by atoms with Gasteiger partial charge in [-0.05, 0) is 25.0 Å². The Hall–Kier alpha value is -1.52. The highest BCUT2D eigenvalue weighted by Crippen LogP contribution is 2.22. The van der Waals surface area contributed by atoms with Crippen molar-refractivity contribution in [1.29, 1.82) is 0 Å². The van der Waals surface area contributed by atoms with Crippen molar-refractivity contribution in [3.05, 3.63) is 60.3 Å². The van der Waals surface area contributed by atoms with Gasteiger partial charge in [0.2, 0.25) is 0 Å². The molecule has 106 valence electrons.